The van der Waals surface area contributed by atoms with E-state index >= 15 is 0 Å². The quantitative estimate of drug-likeness (QED) is 0.488. The second kappa shape index (κ2) is 11.3. The van der Waals surface area contributed by atoms with Crippen LogP contribution < -0.4 is 16.3 Å². The number of ether oxygens (including phenoxy) is 2. The van der Waals surface area contributed by atoms with E-state index in [9.17, 15) is 10.1 Å². The van der Waals surface area contributed by atoms with E-state index < -0.39 is 6.09 Å². The molecule has 1 aliphatic carbocycles. The molecule has 0 spiro atoms. The molecule has 0 saturated heterocycles. The van der Waals surface area contributed by atoms with E-state index in [2.05, 4.69) is 11.1 Å². The van der Waals surface area contributed by atoms with E-state index in [1.807, 2.05) is 6.92 Å². The Morgan fingerprint density at radius 3 is 2.60 bits per heavy atom. The van der Waals surface area contributed by atoms with Crippen molar-refractivity contribution in [2.75, 3.05) is 27.2 Å². The number of hydrogen-bond acceptors (Lipinski definition) is 8. The minimum absolute atomic E-state index is 0.108. The van der Waals surface area contributed by atoms with Crippen LogP contribution in [0.4, 0.5) is 4.79 Å². The number of carbonyl (C=O) groups is 1. The highest BCUT2D eigenvalue weighted by atomic mass is 16.6. The highest BCUT2D eigenvalue weighted by Gasteiger charge is 2.19. The van der Waals surface area contributed by atoms with Crippen LogP contribution in [0, 0.1) is 11.3 Å². The number of hydrazine groups is 1. The van der Waals surface area contributed by atoms with Crippen molar-refractivity contribution in [2.45, 2.75) is 51.6 Å². The van der Waals surface area contributed by atoms with E-state index in [4.69, 9.17) is 21.1 Å². The lowest BCUT2D eigenvalue weighted by atomic mass is 9.98. The first kappa shape index (κ1) is 23.3. The van der Waals surface area contributed by atoms with Gasteiger partial charge in [-0.1, -0.05) is 13.3 Å². The van der Waals surface area contributed by atoms with Crippen molar-refractivity contribution in [3.05, 3.63) is 29.2 Å². The number of nitrogens with zero attached hydrogens (tertiary/aromatic N) is 4. The van der Waals surface area contributed by atoms with Gasteiger partial charge in [-0.3, -0.25) is 0 Å². The van der Waals surface area contributed by atoms with Crippen molar-refractivity contribution >= 4 is 11.8 Å². The van der Waals surface area contributed by atoms with Crippen LogP contribution in [0.3, 0.4) is 0 Å². The third-order valence-electron chi connectivity index (χ3n) is 5.03. The van der Waals surface area contributed by atoms with Crippen LogP contribution in [0.15, 0.2) is 17.8 Å². The summed E-state index contributed by atoms with van der Waals surface area (Å²) in [7, 11) is 3.26. The van der Waals surface area contributed by atoms with Crippen LogP contribution in [0.5, 0.6) is 5.75 Å². The smallest absolute Gasteiger partial charge is 0.409 e. The topological polar surface area (TPSA) is 131 Å². The lowest BCUT2D eigenvalue weighted by molar-refractivity contribution is 0.113. The average Bonchev–Trinajstić information content (AvgIpc) is 2.74. The number of aromatic nitrogens is 1. The zero-order valence-corrected chi connectivity index (χ0v) is 18.1. The van der Waals surface area contributed by atoms with Crippen LogP contribution >= 0.6 is 0 Å². The molecule has 1 saturated carbocycles. The van der Waals surface area contributed by atoms with Crippen molar-refractivity contribution in [3.8, 4) is 11.8 Å². The fourth-order valence-corrected chi connectivity index (χ4v) is 3.32. The van der Waals surface area contributed by atoms with Gasteiger partial charge in [0.25, 0.3) is 0 Å². The summed E-state index contributed by atoms with van der Waals surface area (Å²) < 4.78 is 11.3. The van der Waals surface area contributed by atoms with Gasteiger partial charge >= 0.3 is 6.09 Å². The molecule has 1 aromatic heterocycles. The maximum atomic E-state index is 12.1. The Bertz CT molecular complexity index is 796. The van der Waals surface area contributed by atoms with Crippen LogP contribution in [0.2, 0.25) is 0 Å². The number of rotatable bonds is 8. The Kier molecular flexibility index (Phi) is 8.74. The van der Waals surface area contributed by atoms with Gasteiger partial charge in [-0.15, -0.1) is 0 Å². The van der Waals surface area contributed by atoms with Gasteiger partial charge in [0.2, 0.25) is 0 Å². The third-order valence-corrected chi connectivity index (χ3v) is 5.03. The summed E-state index contributed by atoms with van der Waals surface area (Å²) in [4.78, 5) is 17.9. The van der Waals surface area contributed by atoms with E-state index in [0.717, 1.165) is 32.1 Å². The molecule has 0 atom stereocenters. The van der Waals surface area contributed by atoms with Crippen LogP contribution in [0.1, 0.15) is 56.8 Å². The van der Waals surface area contributed by atoms with Crippen LogP contribution in [0.25, 0.3) is 5.70 Å². The highest BCUT2D eigenvalue weighted by Crippen LogP contribution is 2.26. The lowest BCUT2D eigenvalue weighted by Crippen LogP contribution is -2.34. The van der Waals surface area contributed by atoms with Gasteiger partial charge in [0.05, 0.1) is 23.2 Å². The summed E-state index contributed by atoms with van der Waals surface area (Å²) in [6.07, 6.45) is 5.91. The molecule has 0 bridgehead atoms. The molecular formula is C21H32N6O3. The fraction of sp³-hybridized carbons (Fsp3) is 0.571. The molecule has 0 radical (unpaired) electrons. The number of amides is 1. The molecule has 0 aliphatic heterocycles. The van der Waals surface area contributed by atoms with Gasteiger partial charge in [-0.25, -0.2) is 15.6 Å². The standard InChI is InChI=1S/C21H32N6O3/c1-4-12-26(2)21(28)29-14-18(27(3)24)20(23)16-10-11-19(17(13-22)25-16)30-15-8-6-5-7-9-15/h10-11,15H,4-9,12,14,23-24H2,1-3H3/b20-18-. The first-order valence-corrected chi connectivity index (χ1v) is 10.3. The van der Waals surface area contributed by atoms with Gasteiger partial charge < -0.3 is 25.1 Å². The number of pyridine rings is 1. The molecule has 9 nitrogen and oxygen atoms in total. The SMILES string of the molecule is CCCN(C)C(=O)OC/C(=C(/N)c1ccc(OC2CCCCC2)c(C#N)n1)N(C)N. The van der Waals surface area contributed by atoms with E-state index in [1.165, 1.54) is 16.3 Å². The molecule has 30 heavy (non-hydrogen) atoms. The molecular weight excluding hydrogens is 384 g/mol. The lowest BCUT2D eigenvalue weighted by Gasteiger charge is -2.24. The van der Waals surface area contributed by atoms with Gasteiger partial charge in [0.1, 0.15) is 12.7 Å². The van der Waals surface area contributed by atoms with Crippen molar-refractivity contribution in [2.24, 2.45) is 11.6 Å². The van der Waals surface area contributed by atoms with Gasteiger partial charge in [-0.2, -0.15) is 5.26 Å². The molecule has 1 fully saturated rings. The minimum atomic E-state index is -0.467. The zero-order chi connectivity index (χ0) is 22.1. The van der Waals surface area contributed by atoms with E-state index in [0.29, 0.717) is 23.7 Å². The second-order valence-electron chi connectivity index (χ2n) is 7.48. The van der Waals surface area contributed by atoms with Crippen molar-refractivity contribution in [3.63, 3.8) is 0 Å². The molecule has 9 heteroatoms. The average molecular weight is 417 g/mol. The van der Waals surface area contributed by atoms with Crippen molar-refractivity contribution in [1.29, 1.82) is 5.26 Å². The highest BCUT2D eigenvalue weighted by molar-refractivity contribution is 5.68. The third kappa shape index (κ3) is 6.26. The maximum absolute atomic E-state index is 12.1. The van der Waals surface area contributed by atoms with Gasteiger partial charge in [-0.05, 0) is 44.2 Å². The van der Waals surface area contributed by atoms with Crippen LogP contribution in [-0.4, -0.2) is 54.3 Å². The summed E-state index contributed by atoms with van der Waals surface area (Å²) >= 11 is 0. The Morgan fingerprint density at radius 2 is 2.00 bits per heavy atom. The molecule has 1 aromatic rings. The molecule has 1 heterocycles. The zero-order valence-electron chi connectivity index (χ0n) is 18.1. The summed E-state index contributed by atoms with van der Waals surface area (Å²) in [6, 6.07) is 5.47. The predicted molar refractivity (Wildman–Crippen MR) is 114 cm³/mol. The Hall–Kier alpha value is -2.99. The molecule has 0 unspecified atom stereocenters. The summed E-state index contributed by atoms with van der Waals surface area (Å²) in [6.45, 7) is 2.44. The second-order valence-corrected chi connectivity index (χ2v) is 7.48. The van der Waals surface area contributed by atoms with Crippen molar-refractivity contribution < 1.29 is 14.3 Å². The number of likely N-dealkylation sites (N-methyl/N-ethyl adjacent to an activating group) is 1. The monoisotopic (exact) mass is 416 g/mol. The van der Waals surface area contributed by atoms with Crippen LogP contribution in [-0.2, 0) is 4.74 Å². The van der Waals surface area contributed by atoms with Crippen molar-refractivity contribution in [1.82, 2.24) is 14.9 Å². The van der Waals surface area contributed by atoms with E-state index in [1.54, 1.807) is 26.2 Å². The Morgan fingerprint density at radius 1 is 1.30 bits per heavy atom. The fourth-order valence-electron chi connectivity index (χ4n) is 3.32. The molecule has 2 rings (SSSR count). The number of nitrogens with two attached hydrogens (primary N) is 2. The number of nitriles is 1. The molecule has 0 aromatic carbocycles. The normalized spacial score (nSPS) is 15.0. The van der Waals surface area contributed by atoms with Gasteiger partial charge in [0, 0.05) is 20.6 Å². The van der Waals surface area contributed by atoms with Gasteiger partial charge in [0.15, 0.2) is 11.4 Å². The molecule has 1 aliphatic rings. The number of carbonyl (C=O) groups excluding carboxylic acids is 1. The molecule has 4 N–H and O–H groups in total. The summed E-state index contributed by atoms with van der Waals surface area (Å²) in [5.74, 6) is 6.35. The predicted octanol–water partition coefficient (Wildman–Crippen LogP) is 2.58. The molecule has 1 amide bonds. The first-order chi connectivity index (χ1) is 14.4. The Balaban J connectivity index is 2.19. The number of hydrogen-bond donors (Lipinski definition) is 2. The first-order valence-electron chi connectivity index (χ1n) is 10.3. The largest absolute Gasteiger partial charge is 0.487 e. The van der Waals surface area contributed by atoms with E-state index in [-0.39, 0.29) is 24.1 Å². The maximum Gasteiger partial charge on any atom is 0.409 e. The molecule has 164 valence electrons. The summed E-state index contributed by atoms with van der Waals surface area (Å²) in [5, 5.41) is 10.8. The minimum Gasteiger partial charge on any atom is -0.487 e. The summed E-state index contributed by atoms with van der Waals surface area (Å²) in [5.41, 5.74) is 7.40. The Labute approximate surface area is 178 Å².